The number of aryl methyl sites for hydroxylation is 1. The first-order chi connectivity index (χ1) is 13.7. The second-order valence-electron chi connectivity index (χ2n) is 6.80. The molecule has 0 aliphatic rings. The molecule has 1 amide bonds. The van der Waals surface area contributed by atoms with E-state index in [4.69, 9.17) is 0 Å². The van der Waals surface area contributed by atoms with E-state index >= 15 is 0 Å². The average molecular weight is 408 g/mol. The monoisotopic (exact) mass is 408 g/mol. The molecule has 0 unspecified atom stereocenters. The molecule has 0 bridgehead atoms. The number of nitrogens with one attached hydrogen (secondary N) is 2. The maximum Gasteiger partial charge on any atom is 0.411 e. The molecule has 0 radical (unpaired) electrons. The number of carbonyl (C=O) groups excluding carboxylic acids is 1. The third-order valence-electron chi connectivity index (χ3n) is 4.47. The molecule has 1 heterocycles. The molecule has 0 saturated heterocycles. The predicted molar refractivity (Wildman–Crippen MR) is 101 cm³/mol. The van der Waals surface area contributed by atoms with Crippen molar-refractivity contribution in [2.75, 3.05) is 6.61 Å². The summed E-state index contributed by atoms with van der Waals surface area (Å²) >= 11 is 0. The van der Waals surface area contributed by atoms with Crippen LogP contribution in [-0.2, 0) is 29.1 Å². The van der Waals surface area contributed by atoms with Gasteiger partial charge in [-0.2, -0.15) is 13.2 Å². The van der Waals surface area contributed by atoms with Crippen LogP contribution < -0.4 is 5.32 Å². The normalized spacial score (nSPS) is 11.8. The number of halogens is 4. The molecule has 0 spiro atoms. The molecule has 3 rings (SSSR count). The van der Waals surface area contributed by atoms with Gasteiger partial charge in [0.2, 0.25) is 5.91 Å². The van der Waals surface area contributed by atoms with E-state index in [0.717, 1.165) is 22.3 Å². The van der Waals surface area contributed by atoms with Crippen molar-refractivity contribution in [1.29, 1.82) is 0 Å². The highest BCUT2D eigenvalue weighted by atomic mass is 19.4. The number of rotatable bonds is 7. The Balaban J connectivity index is 1.53. The van der Waals surface area contributed by atoms with E-state index in [-0.39, 0.29) is 31.3 Å². The minimum Gasteiger partial charge on any atom is -0.367 e. The van der Waals surface area contributed by atoms with Gasteiger partial charge in [-0.15, -0.1) is 0 Å². The summed E-state index contributed by atoms with van der Waals surface area (Å²) in [6.45, 7) is 0.683. The lowest BCUT2D eigenvalue weighted by Gasteiger charge is -2.09. The smallest absolute Gasteiger partial charge is 0.367 e. The van der Waals surface area contributed by atoms with Gasteiger partial charge in [0.05, 0.1) is 13.0 Å². The van der Waals surface area contributed by atoms with Crippen molar-refractivity contribution in [3.63, 3.8) is 0 Å². The third-order valence-corrected chi connectivity index (χ3v) is 4.47. The molecule has 1 aromatic heterocycles. The Labute approximate surface area is 164 Å². The van der Waals surface area contributed by atoms with Crippen LogP contribution in [0.15, 0.2) is 42.5 Å². The van der Waals surface area contributed by atoms with Crippen molar-refractivity contribution in [2.24, 2.45) is 0 Å². The quantitative estimate of drug-likeness (QED) is 0.564. The Morgan fingerprint density at radius 3 is 2.48 bits per heavy atom. The molecule has 3 aromatic rings. The number of alkyl halides is 3. The minimum absolute atomic E-state index is 0.110. The minimum atomic E-state index is -4.35. The van der Waals surface area contributed by atoms with E-state index in [2.05, 4.69) is 15.0 Å². The van der Waals surface area contributed by atoms with Crippen LogP contribution in [0.2, 0.25) is 0 Å². The van der Waals surface area contributed by atoms with Crippen LogP contribution >= 0.6 is 0 Å². The zero-order chi connectivity index (χ0) is 21.0. The van der Waals surface area contributed by atoms with E-state index < -0.39 is 12.8 Å². The fraction of sp³-hybridized carbons (Fsp3) is 0.286. The Morgan fingerprint density at radius 2 is 1.79 bits per heavy atom. The fourth-order valence-electron chi connectivity index (χ4n) is 3.04. The lowest BCUT2D eigenvalue weighted by molar-refractivity contribution is -0.176. The number of carbonyl (C=O) groups is 1. The lowest BCUT2D eigenvalue weighted by Crippen LogP contribution is -2.24. The summed E-state index contributed by atoms with van der Waals surface area (Å²) in [6.07, 6.45) is -4.24. The average Bonchev–Trinajstić information content (AvgIpc) is 2.95. The SMILES string of the molecule is Cc1[nH]c2ccc(F)cc2c1CC(=O)NCc1ccc(COCC(F)(F)F)cc1. The van der Waals surface area contributed by atoms with Crippen LogP contribution in [0, 0.1) is 12.7 Å². The van der Waals surface area contributed by atoms with Crippen LogP contribution in [0.25, 0.3) is 10.9 Å². The first-order valence-corrected chi connectivity index (χ1v) is 8.97. The highest BCUT2D eigenvalue weighted by Crippen LogP contribution is 2.23. The van der Waals surface area contributed by atoms with Gasteiger partial charge in [0.1, 0.15) is 12.4 Å². The van der Waals surface area contributed by atoms with Gasteiger partial charge in [-0.25, -0.2) is 4.39 Å². The Morgan fingerprint density at radius 1 is 1.10 bits per heavy atom. The predicted octanol–water partition coefficient (Wildman–Crippen LogP) is 4.55. The molecule has 0 atom stereocenters. The molecule has 0 fully saturated rings. The first kappa shape index (κ1) is 20.9. The molecule has 0 saturated carbocycles. The number of hydrogen-bond donors (Lipinski definition) is 2. The Bertz CT molecular complexity index is 994. The van der Waals surface area contributed by atoms with Gasteiger partial charge < -0.3 is 15.0 Å². The summed E-state index contributed by atoms with van der Waals surface area (Å²) in [6, 6.07) is 11.2. The van der Waals surface area contributed by atoms with Gasteiger partial charge in [-0.05, 0) is 41.8 Å². The highest BCUT2D eigenvalue weighted by Gasteiger charge is 2.27. The fourth-order valence-corrected chi connectivity index (χ4v) is 3.04. The molecule has 4 nitrogen and oxygen atoms in total. The summed E-state index contributed by atoms with van der Waals surface area (Å²) in [4.78, 5) is 15.5. The maximum absolute atomic E-state index is 13.5. The summed E-state index contributed by atoms with van der Waals surface area (Å²) in [5.74, 6) is -0.576. The second-order valence-corrected chi connectivity index (χ2v) is 6.80. The summed E-state index contributed by atoms with van der Waals surface area (Å²) in [5, 5.41) is 3.48. The Hall–Kier alpha value is -2.87. The number of benzene rings is 2. The van der Waals surface area contributed by atoms with E-state index in [1.54, 1.807) is 30.3 Å². The van der Waals surface area contributed by atoms with Crippen molar-refractivity contribution in [2.45, 2.75) is 32.7 Å². The van der Waals surface area contributed by atoms with E-state index in [1.165, 1.54) is 12.1 Å². The summed E-state index contributed by atoms with van der Waals surface area (Å²) < 4.78 is 54.4. The highest BCUT2D eigenvalue weighted by molar-refractivity contribution is 5.90. The van der Waals surface area contributed by atoms with E-state index in [9.17, 15) is 22.4 Å². The molecule has 2 aromatic carbocycles. The number of aromatic nitrogens is 1. The number of amides is 1. The molecule has 0 aliphatic heterocycles. The maximum atomic E-state index is 13.5. The van der Waals surface area contributed by atoms with Crippen LogP contribution in [-0.4, -0.2) is 23.7 Å². The molecule has 29 heavy (non-hydrogen) atoms. The van der Waals surface area contributed by atoms with Crippen molar-refractivity contribution < 1.29 is 27.1 Å². The van der Waals surface area contributed by atoms with Crippen LogP contribution in [0.4, 0.5) is 17.6 Å². The third kappa shape index (κ3) is 5.80. The van der Waals surface area contributed by atoms with Gasteiger partial charge in [-0.1, -0.05) is 24.3 Å². The first-order valence-electron chi connectivity index (χ1n) is 8.97. The number of ether oxygens (including phenoxy) is 1. The van der Waals surface area contributed by atoms with Gasteiger partial charge in [0, 0.05) is 23.1 Å². The number of aromatic amines is 1. The second kappa shape index (κ2) is 8.65. The van der Waals surface area contributed by atoms with E-state index in [0.29, 0.717) is 10.9 Å². The Kier molecular flexibility index (Phi) is 6.22. The molecular formula is C21H20F4N2O2. The zero-order valence-corrected chi connectivity index (χ0v) is 15.7. The number of H-pyrrole nitrogens is 1. The molecule has 2 N–H and O–H groups in total. The van der Waals surface area contributed by atoms with Crippen molar-refractivity contribution >= 4 is 16.8 Å². The van der Waals surface area contributed by atoms with Crippen LogP contribution in [0.5, 0.6) is 0 Å². The molecule has 8 heteroatoms. The molecule has 0 aliphatic carbocycles. The van der Waals surface area contributed by atoms with Gasteiger partial charge in [0.15, 0.2) is 0 Å². The topological polar surface area (TPSA) is 54.1 Å². The van der Waals surface area contributed by atoms with Crippen LogP contribution in [0.1, 0.15) is 22.4 Å². The van der Waals surface area contributed by atoms with Gasteiger partial charge >= 0.3 is 6.18 Å². The standard InChI is InChI=1S/C21H20F4N2O2/c1-13-17(18-8-16(22)6-7-19(18)27-13)9-20(28)26-10-14-2-4-15(5-3-14)11-29-12-21(23,24)25/h2-8,27H,9-12H2,1H3,(H,26,28). The summed E-state index contributed by atoms with van der Waals surface area (Å²) in [5.41, 5.74) is 3.74. The van der Waals surface area contributed by atoms with E-state index in [1.807, 2.05) is 6.92 Å². The molecule has 154 valence electrons. The van der Waals surface area contributed by atoms with Crippen molar-refractivity contribution in [1.82, 2.24) is 10.3 Å². The largest absolute Gasteiger partial charge is 0.411 e. The summed E-state index contributed by atoms with van der Waals surface area (Å²) in [7, 11) is 0. The van der Waals surface area contributed by atoms with Gasteiger partial charge in [0.25, 0.3) is 0 Å². The van der Waals surface area contributed by atoms with Gasteiger partial charge in [-0.3, -0.25) is 4.79 Å². The number of hydrogen-bond acceptors (Lipinski definition) is 2. The van der Waals surface area contributed by atoms with Crippen molar-refractivity contribution in [3.8, 4) is 0 Å². The lowest BCUT2D eigenvalue weighted by atomic mass is 10.1. The van der Waals surface area contributed by atoms with Crippen molar-refractivity contribution in [3.05, 3.63) is 70.7 Å². The number of fused-ring (bicyclic) bond motifs is 1. The van der Waals surface area contributed by atoms with Crippen LogP contribution in [0.3, 0.4) is 0 Å². The molecular weight excluding hydrogens is 388 g/mol. The zero-order valence-electron chi connectivity index (χ0n) is 15.7.